The Kier molecular flexibility index (Phi) is 6.35. The summed E-state index contributed by atoms with van der Waals surface area (Å²) in [5.74, 6) is -0.533. The zero-order valence-corrected chi connectivity index (χ0v) is 17.5. The number of rotatable bonds is 4. The molecule has 2 aliphatic heterocycles. The van der Waals surface area contributed by atoms with Gasteiger partial charge in [-0.1, -0.05) is 41.9 Å². The van der Waals surface area contributed by atoms with Crippen molar-refractivity contribution >= 4 is 23.4 Å². The average molecular weight is 430 g/mol. The van der Waals surface area contributed by atoms with Gasteiger partial charge < -0.3 is 9.80 Å². The van der Waals surface area contributed by atoms with E-state index in [0.717, 1.165) is 37.6 Å². The van der Waals surface area contributed by atoms with Crippen LogP contribution < -0.4 is 0 Å². The topological polar surface area (TPSA) is 43.9 Å². The molecule has 5 nitrogen and oxygen atoms in total. The van der Waals surface area contributed by atoms with Gasteiger partial charge >= 0.3 is 0 Å². The molecule has 0 bridgehead atoms. The van der Waals surface area contributed by atoms with Crippen LogP contribution in [-0.4, -0.2) is 65.8 Å². The van der Waals surface area contributed by atoms with Crippen molar-refractivity contribution in [3.63, 3.8) is 0 Å². The average Bonchev–Trinajstić information content (AvgIpc) is 3.30. The number of likely N-dealkylation sites (tertiary alicyclic amines) is 1. The van der Waals surface area contributed by atoms with Crippen LogP contribution in [0.3, 0.4) is 0 Å². The molecule has 7 heteroatoms. The van der Waals surface area contributed by atoms with E-state index in [2.05, 4.69) is 4.90 Å². The highest BCUT2D eigenvalue weighted by Crippen LogP contribution is 2.27. The minimum atomic E-state index is -0.465. The minimum Gasteiger partial charge on any atom is -0.341 e. The minimum absolute atomic E-state index is 0.119. The second-order valence-electron chi connectivity index (χ2n) is 7.80. The van der Waals surface area contributed by atoms with Crippen LogP contribution in [0.5, 0.6) is 0 Å². The Balaban J connectivity index is 1.48. The van der Waals surface area contributed by atoms with Gasteiger partial charge in [-0.25, -0.2) is 4.39 Å². The monoisotopic (exact) mass is 429 g/mol. The SMILES string of the molecule is O=C(c1ccc(F)cc1Cl)N1CCN(C(C(=O)N2CCCC2)c2ccccc2)CC1. The molecule has 30 heavy (non-hydrogen) atoms. The van der Waals surface area contributed by atoms with Crippen LogP contribution in [0.2, 0.25) is 5.02 Å². The molecule has 0 aliphatic carbocycles. The molecule has 0 saturated carbocycles. The summed E-state index contributed by atoms with van der Waals surface area (Å²) < 4.78 is 13.3. The van der Waals surface area contributed by atoms with E-state index in [1.165, 1.54) is 12.1 Å². The van der Waals surface area contributed by atoms with Crippen LogP contribution in [0.1, 0.15) is 34.8 Å². The fourth-order valence-corrected chi connectivity index (χ4v) is 4.52. The van der Waals surface area contributed by atoms with Crippen molar-refractivity contribution in [2.45, 2.75) is 18.9 Å². The van der Waals surface area contributed by atoms with Crippen molar-refractivity contribution in [3.8, 4) is 0 Å². The van der Waals surface area contributed by atoms with E-state index in [9.17, 15) is 14.0 Å². The number of piperazine rings is 1. The first-order chi connectivity index (χ1) is 14.5. The first-order valence-corrected chi connectivity index (χ1v) is 10.7. The second kappa shape index (κ2) is 9.14. The lowest BCUT2D eigenvalue weighted by atomic mass is 10.0. The third kappa shape index (κ3) is 4.35. The van der Waals surface area contributed by atoms with Gasteiger partial charge in [-0.15, -0.1) is 0 Å². The van der Waals surface area contributed by atoms with Crippen LogP contribution >= 0.6 is 11.6 Å². The lowest BCUT2D eigenvalue weighted by molar-refractivity contribution is -0.136. The molecule has 0 radical (unpaired) electrons. The summed E-state index contributed by atoms with van der Waals surface area (Å²) in [6.07, 6.45) is 2.10. The summed E-state index contributed by atoms with van der Waals surface area (Å²) in [5.41, 5.74) is 1.29. The molecule has 2 aliphatic rings. The number of hydrogen-bond donors (Lipinski definition) is 0. The summed E-state index contributed by atoms with van der Waals surface area (Å²) >= 11 is 6.07. The fourth-order valence-electron chi connectivity index (χ4n) is 4.27. The number of benzene rings is 2. The van der Waals surface area contributed by atoms with E-state index in [-0.39, 0.29) is 22.9 Å². The maximum Gasteiger partial charge on any atom is 0.255 e. The highest BCUT2D eigenvalue weighted by molar-refractivity contribution is 6.33. The van der Waals surface area contributed by atoms with Crippen LogP contribution in [0.25, 0.3) is 0 Å². The van der Waals surface area contributed by atoms with Crippen LogP contribution in [0.4, 0.5) is 4.39 Å². The molecule has 1 unspecified atom stereocenters. The van der Waals surface area contributed by atoms with Crippen molar-refractivity contribution in [3.05, 3.63) is 70.5 Å². The normalized spacial score (nSPS) is 18.5. The standard InChI is InChI=1S/C23H25ClFN3O2/c24-20-16-18(25)8-9-19(20)22(29)28-14-12-26(13-15-28)21(17-6-2-1-3-7-17)23(30)27-10-4-5-11-27/h1-3,6-9,16,21H,4-5,10-15H2. The summed E-state index contributed by atoms with van der Waals surface area (Å²) in [6.45, 7) is 3.77. The molecule has 0 spiro atoms. The van der Waals surface area contributed by atoms with Crippen molar-refractivity contribution in [2.24, 2.45) is 0 Å². The third-order valence-electron chi connectivity index (χ3n) is 5.90. The lowest BCUT2D eigenvalue weighted by Crippen LogP contribution is -2.52. The molecular formula is C23H25ClFN3O2. The van der Waals surface area contributed by atoms with E-state index in [1.54, 1.807) is 4.90 Å². The second-order valence-corrected chi connectivity index (χ2v) is 8.21. The van der Waals surface area contributed by atoms with Crippen molar-refractivity contribution in [2.75, 3.05) is 39.3 Å². The Bertz CT molecular complexity index is 910. The van der Waals surface area contributed by atoms with Gasteiger partial charge in [-0.3, -0.25) is 14.5 Å². The first-order valence-electron chi connectivity index (χ1n) is 10.4. The van der Waals surface area contributed by atoms with Gasteiger partial charge in [0.05, 0.1) is 10.6 Å². The highest BCUT2D eigenvalue weighted by atomic mass is 35.5. The van der Waals surface area contributed by atoms with Gasteiger partial charge in [0.2, 0.25) is 5.91 Å². The number of halogens is 2. The van der Waals surface area contributed by atoms with Gasteiger partial charge in [-0.2, -0.15) is 0 Å². The molecule has 2 fully saturated rings. The van der Waals surface area contributed by atoms with E-state index in [1.807, 2.05) is 35.2 Å². The van der Waals surface area contributed by atoms with Gasteiger partial charge in [-0.05, 0) is 36.6 Å². The van der Waals surface area contributed by atoms with E-state index < -0.39 is 5.82 Å². The molecule has 2 amide bonds. The Morgan fingerprint density at radius 2 is 1.53 bits per heavy atom. The predicted octanol–water partition coefficient (Wildman–Crippen LogP) is 3.60. The molecule has 1 atom stereocenters. The summed E-state index contributed by atoms with van der Waals surface area (Å²) in [6, 6.07) is 13.3. The fraction of sp³-hybridized carbons (Fsp3) is 0.391. The molecule has 158 valence electrons. The summed E-state index contributed by atoms with van der Waals surface area (Å²) in [7, 11) is 0. The Morgan fingerprint density at radius 3 is 2.17 bits per heavy atom. The number of carbonyl (C=O) groups excluding carboxylic acids is 2. The number of carbonyl (C=O) groups is 2. The van der Waals surface area contributed by atoms with E-state index in [0.29, 0.717) is 31.7 Å². The largest absolute Gasteiger partial charge is 0.341 e. The number of amides is 2. The van der Waals surface area contributed by atoms with Gasteiger partial charge in [0.25, 0.3) is 5.91 Å². The van der Waals surface area contributed by atoms with E-state index in [4.69, 9.17) is 11.6 Å². The van der Waals surface area contributed by atoms with Crippen LogP contribution in [-0.2, 0) is 4.79 Å². The van der Waals surface area contributed by atoms with Crippen LogP contribution in [0.15, 0.2) is 48.5 Å². The summed E-state index contributed by atoms with van der Waals surface area (Å²) in [4.78, 5) is 32.0. The molecule has 0 N–H and O–H groups in total. The van der Waals surface area contributed by atoms with Gasteiger partial charge in [0.1, 0.15) is 11.9 Å². The van der Waals surface area contributed by atoms with Crippen molar-refractivity contribution < 1.29 is 14.0 Å². The molecule has 2 heterocycles. The van der Waals surface area contributed by atoms with E-state index >= 15 is 0 Å². The Labute approximate surface area is 181 Å². The third-order valence-corrected chi connectivity index (χ3v) is 6.21. The molecular weight excluding hydrogens is 405 g/mol. The van der Waals surface area contributed by atoms with Crippen molar-refractivity contribution in [1.29, 1.82) is 0 Å². The Morgan fingerprint density at radius 1 is 0.867 bits per heavy atom. The number of hydrogen-bond acceptors (Lipinski definition) is 3. The Hall–Kier alpha value is -2.44. The highest BCUT2D eigenvalue weighted by Gasteiger charge is 2.35. The predicted molar refractivity (Wildman–Crippen MR) is 114 cm³/mol. The maximum atomic E-state index is 13.3. The first kappa shape index (κ1) is 20.8. The van der Waals surface area contributed by atoms with Crippen LogP contribution in [0, 0.1) is 5.82 Å². The zero-order valence-electron chi connectivity index (χ0n) is 16.8. The quantitative estimate of drug-likeness (QED) is 0.745. The molecule has 4 rings (SSSR count). The molecule has 2 saturated heterocycles. The number of nitrogens with zero attached hydrogens (tertiary/aromatic N) is 3. The summed E-state index contributed by atoms with van der Waals surface area (Å²) in [5, 5.41) is 0.119. The molecule has 0 aromatic heterocycles. The maximum absolute atomic E-state index is 13.3. The lowest BCUT2D eigenvalue weighted by Gasteiger charge is -2.40. The molecule has 2 aromatic carbocycles. The molecule has 2 aromatic rings. The zero-order chi connectivity index (χ0) is 21.1. The van der Waals surface area contributed by atoms with Gasteiger partial charge in [0.15, 0.2) is 0 Å². The van der Waals surface area contributed by atoms with Gasteiger partial charge in [0, 0.05) is 39.3 Å². The van der Waals surface area contributed by atoms with Crippen molar-refractivity contribution in [1.82, 2.24) is 14.7 Å². The smallest absolute Gasteiger partial charge is 0.255 e.